The standard InChI is InChI=1S/C65H67N/c1-40-34-54-56(63(7,8)32-30-61(54,3)4)38-58(40)66(59-39-57-55(35-41(59)2)62(5,6)31-33-64(57,9)10)60-37-53-48(36-49(60)44-26-19-21-42-20-11-12-22-43(42)44)47-25-15-18-29-52(47)65(53)50-27-16-13-23-45(50)46-24-14-17-28-51(46)65/h13-19,21,23-29,34-39H,11-12,20,22,30-33H2,1-10H3. The van der Waals surface area contributed by atoms with Gasteiger partial charge in [0, 0.05) is 16.9 Å². The monoisotopic (exact) mass is 862 g/mol. The number of hydrogen-bond acceptors (Lipinski definition) is 1. The summed E-state index contributed by atoms with van der Waals surface area (Å²) in [6.45, 7) is 24.7. The third-order valence-electron chi connectivity index (χ3n) is 17.9. The molecule has 12 rings (SSSR count). The molecule has 5 aliphatic carbocycles. The maximum atomic E-state index is 2.78. The molecule has 0 atom stereocenters. The minimum atomic E-state index is -0.456. The van der Waals surface area contributed by atoms with Crippen molar-refractivity contribution in [1.29, 1.82) is 0 Å². The van der Waals surface area contributed by atoms with Gasteiger partial charge in [-0.1, -0.05) is 159 Å². The van der Waals surface area contributed by atoms with Gasteiger partial charge in [-0.2, -0.15) is 0 Å². The zero-order valence-electron chi connectivity index (χ0n) is 41.2. The fourth-order valence-corrected chi connectivity index (χ4v) is 13.9. The van der Waals surface area contributed by atoms with Crippen LogP contribution in [0.15, 0.2) is 127 Å². The Morgan fingerprint density at radius 3 is 1.26 bits per heavy atom. The Kier molecular flexibility index (Phi) is 8.97. The Bertz CT molecular complexity index is 3050. The van der Waals surface area contributed by atoms with Gasteiger partial charge in [0.25, 0.3) is 0 Å². The van der Waals surface area contributed by atoms with E-state index in [1.54, 1.807) is 0 Å². The Labute approximate surface area is 395 Å². The lowest BCUT2D eigenvalue weighted by Crippen LogP contribution is -2.35. The van der Waals surface area contributed by atoms with Crippen LogP contribution in [-0.2, 0) is 39.9 Å². The van der Waals surface area contributed by atoms with Crippen LogP contribution in [0.3, 0.4) is 0 Å². The zero-order valence-corrected chi connectivity index (χ0v) is 41.2. The van der Waals surface area contributed by atoms with Crippen molar-refractivity contribution in [3.05, 3.63) is 194 Å². The largest absolute Gasteiger partial charge is 0.309 e. The van der Waals surface area contributed by atoms with Gasteiger partial charge >= 0.3 is 0 Å². The van der Waals surface area contributed by atoms with Crippen molar-refractivity contribution in [1.82, 2.24) is 0 Å². The lowest BCUT2D eigenvalue weighted by atomic mass is 9.62. The van der Waals surface area contributed by atoms with Gasteiger partial charge in [0.1, 0.15) is 0 Å². The summed E-state index contributed by atoms with van der Waals surface area (Å²) in [6.07, 6.45) is 9.51. The number of hydrogen-bond donors (Lipinski definition) is 0. The maximum Gasteiger partial charge on any atom is 0.0726 e. The number of fused-ring (bicyclic) bond motifs is 13. The lowest BCUT2D eigenvalue weighted by Gasteiger charge is -2.44. The lowest BCUT2D eigenvalue weighted by molar-refractivity contribution is 0.331. The van der Waals surface area contributed by atoms with E-state index in [4.69, 9.17) is 0 Å². The number of nitrogens with zero attached hydrogens (tertiary/aromatic N) is 1. The molecule has 1 nitrogen and oxygen atoms in total. The van der Waals surface area contributed by atoms with Crippen LogP contribution in [0.2, 0.25) is 0 Å². The predicted octanol–water partition coefficient (Wildman–Crippen LogP) is 17.4. The van der Waals surface area contributed by atoms with E-state index in [-0.39, 0.29) is 21.7 Å². The van der Waals surface area contributed by atoms with Crippen LogP contribution in [0.5, 0.6) is 0 Å². The highest BCUT2D eigenvalue weighted by Crippen LogP contribution is 2.65. The van der Waals surface area contributed by atoms with E-state index in [9.17, 15) is 0 Å². The van der Waals surface area contributed by atoms with Crippen LogP contribution in [0.1, 0.15) is 161 Å². The summed E-state index contributed by atoms with van der Waals surface area (Å²) in [5.74, 6) is 0. The number of aryl methyl sites for hydroxylation is 3. The molecule has 0 fully saturated rings. The molecule has 0 aliphatic heterocycles. The molecule has 1 spiro atoms. The average molecular weight is 862 g/mol. The first-order chi connectivity index (χ1) is 31.5. The zero-order chi connectivity index (χ0) is 45.7. The highest BCUT2D eigenvalue weighted by molar-refractivity contribution is 6.01. The SMILES string of the molecule is Cc1cc2c(cc1N(c1cc3c(cc1C)C(C)(C)CCC3(C)C)c1cc3c(cc1-c1cccc4c1CCCC4)-c1ccccc1C31c3ccccc3-c3ccccc31)C(C)(C)CCC2(C)C. The molecule has 0 amide bonds. The smallest absolute Gasteiger partial charge is 0.0726 e. The molecule has 1 heteroatoms. The van der Waals surface area contributed by atoms with Crippen molar-refractivity contribution in [3.63, 3.8) is 0 Å². The summed E-state index contributed by atoms with van der Waals surface area (Å²) in [4.78, 5) is 2.78. The normalized spacial score (nSPS) is 19.2. The minimum absolute atomic E-state index is 0.0537. The molecule has 0 aromatic heterocycles. The van der Waals surface area contributed by atoms with Crippen molar-refractivity contribution < 1.29 is 0 Å². The minimum Gasteiger partial charge on any atom is -0.309 e. The summed E-state index contributed by atoms with van der Waals surface area (Å²) in [5, 5.41) is 0. The number of anilines is 3. The highest BCUT2D eigenvalue weighted by Gasteiger charge is 2.52. The van der Waals surface area contributed by atoms with Crippen molar-refractivity contribution in [3.8, 4) is 33.4 Å². The first kappa shape index (κ1) is 41.7. The van der Waals surface area contributed by atoms with Crippen LogP contribution in [0, 0.1) is 13.8 Å². The van der Waals surface area contributed by atoms with Gasteiger partial charge in [0.05, 0.1) is 11.1 Å². The summed E-state index contributed by atoms with van der Waals surface area (Å²) in [5.41, 5.74) is 29.3. The molecule has 0 unspecified atom stereocenters. The molecule has 0 N–H and O–H groups in total. The Morgan fingerprint density at radius 2 is 0.758 bits per heavy atom. The summed E-state index contributed by atoms with van der Waals surface area (Å²) >= 11 is 0. The molecule has 0 saturated carbocycles. The van der Waals surface area contributed by atoms with Crippen molar-refractivity contribution >= 4 is 17.1 Å². The van der Waals surface area contributed by atoms with Gasteiger partial charge in [0.2, 0.25) is 0 Å². The molecular weight excluding hydrogens is 795 g/mol. The van der Waals surface area contributed by atoms with Crippen LogP contribution in [-0.4, -0.2) is 0 Å². The molecule has 0 heterocycles. The van der Waals surface area contributed by atoms with E-state index in [1.165, 1.54) is 156 Å². The third kappa shape index (κ3) is 5.77. The molecular formula is C65H67N. The molecule has 0 bridgehead atoms. The molecule has 332 valence electrons. The highest BCUT2D eigenvalue weighted by atomic mass is 15.2. The second-order valence-corrected chi connectivity index (χ2v) is 23.7. The first-order valence-electron chi connectivity index (χ1n) is 25.2. The first-order valence-corrected chi connectivity index (χ1v) is 25.2. The predicted molar refractivity (Wildman–Crippen MR) is 280 cm³/mol. The molecule has 5 aliphatic rings. The van der Waals surface area contributed by atoms with Gasteiger partial charge in [0.15, 0.2) is 0 Å². The molecule has 0 saturated heterocycles. The summed E-state index contributed by atoms with van der Waals surface area (Å²) in [7, 11) is 0. The second-order valence-electron chi connectivity index (χ2n) is 23.7. The second kappa shape index (κ2) is 14.2. The van der Waals surface area contributed by atoms with Crippen molar-refractivity contribution in [2.75, 3.05) is 4.90 Å². The van der Waals surface area contributed by atoms with E-state index in [2.05, 4.69) is 202 Å². The number of rotatable bonds is 4. The van der Waals surface area contributed by atoms with Crippen LogP contribution in [0.4, 0.5) is 17.1 Å². The van der Waals surface area contributed by atoms with Crippen LogP contribution in [0.25, 0.3) is 33.4 Å². The van der Waals surface area contributed by atoms with Gasteiger partial charge in [-0.3, -0.25) is 0 Å². The van der Waals surface area contributed by atoms with Gasteiger partial charge in [-0.05, 0) is 206 Å². The fraction of sp³-hybridized carbons (Fsp3) is 0.354. The topological polar surface area (TPSA) is 3.24 Å². The molecule has 7 aromatic carbocycles. The Hall–Kier alpha value is -5.66. The summed E-state index contributed by atoms with van der Waals surface area (Å²) < 4.78 is 0. The van der Waals surface area contributed by atoms with Crippen LogP contribution < -0.4 is 4.90 Å². The maximum absolute atomic E-state index is 2.78. The molecule has 0 radical (unpaired) electrons. The molecule has 7 aromatic rings. The average Bonchev–Trinajstić information content (AvgIpc) is 3.77. The van der Waals surface area contributed by atoms with E-state index in [0.29, 0.717) is 0 Å². The third-order valence-corrected chi connectivity index (χ3v) is 17.9. The Balaban J connectivity index is 1.25. The van der Waals surface area contributed by atoms with E-state index >= 15 is 0 Å². The molecule has 66 heavy (non-hydrogen) atoms. The van der Waals surface area contributed by atoms with Gasteiger partial charge < -0.3 is 4.90 Å². The van der Waals surface area contributed by atoms with Crippen LogP contribution >= 0.6 is 0 Å². The van der Waals surface area contributed by atoms with E-state index in [0.717, 1.165) is 12.8 Å². The Morgan fingerprint density at radius 1 is 0.348 bits per heavy atom. The van der Waals surface area contributed by atoms with Crippen molar-refractivity contribution in [2.45, 2.75) is 148 Å². The number of benzene rings is 7. The fourth-order valence-electron chi connectivity index (χ4n) is 13.9. The van der Waals surface area contributed by atoms with E-state index in [1.807, 2.05) is 0 Å². The van der Waals surface area contributed by atoms with E-state index < -0.39 is 5.41 Å². The van der Waals surface area contributed by atoms with Crippen molar-refractivity contribution in [2.24, 2.45) is 0 Å². The van der Waals surface area contributed by atoms with Gasteiger partial charge in [-0.15, -0.1) is 0 Å². The quantitative estimate of drug-likeness (QED) is 0.170. The summed E-state index contributed by atoms with van der Waals surface area (Å²) in [6, 6.07) is 51.0. The van der Waals surface area contributed by atoms with Gasteiger partial charge in [-0.25, -0.2) is 0 Å².